The largest absolute Gasteiger partial charge is 0.450 e. The number of fused-ring (bicyclic) bond motifs is 1. The Balaban J connectivity index is 1.73. The first-order valence-electron chi connectivity index (χ1n) is 8.77. The van der Waals surface area contributed by atoms with Crippen LogP contribution in [0.4, 0.5) is 5.69 Å². The van der Waals surface area contributed by atoms with Crippen LogP contribution in [0, 0.1) is 0 Å². The number of ketones is 1. The number of nitrogens with one attached hydrogen (secondary N) is 1. The summed E-state index contributed by atoms with van der Waals surface area (Å²) in [6, 6.07) is 23.2. The Morgan fingerprint density at radius 1 is 0.893 bits per heavy atom. The smallest absolute Gasteiger partial charge is 0.230 e. The van der Waals surface area contributed by atoms with E-state index in [2.05, 4.69) is 5.32 Å². The molecule has 0 atom stereocenters. The SMILES string of the molecule is O=C(Cc1ccccc1)Nc1c(C(=O)c2ccccc2)oc2ccc(Cl)cc12. The second-order valence-corrected chi connectivity index (χ2v) is 6.79. The number of carbonyl (C=O) groups is 2. The fourth-order valence-corrected chi connectivity index (χ4v) is 3.21. The van der Waals surface area contributed by atoms with Crippen LogP contribution < -0.4 is 5.32 Å². The van der Waals surface area contributed by atoms with Gasteiger partial charge in [0.1, 0.15) is 5.58 Å². The van der Waals surface area contributed by atoms with Crippen molar-refractivity contribution in [3.8, 4) is 0 Å². The van der Waals surface area contributed by atoms with Crippen LogP contribution in [0.2, 0.25) is 5.02 Å². The zero-order valence-corrected chi connectivity index (χ0v) is 15.6. The molecule has 0 aliphatic carbocycles. The number of anilines is 1. The summed E-state index contributed by atoms with van der Waals surface area (Å²) in [5.74, 6) is -0.455. The molecule has 0 spiro atoms. The van der Waals surface area contributed by atoms with E-state index >= 15 is 0 Å². The first-order chi connectivity index (χ1) is 13.6. The summed E-state index contributed by atoms with van der Waals surface area (Å²) in [5.41, 5.74) is 2.18. The molecule has 0 saturated carbocycles. The Morgan fingerprint density at radius 3 is 2.29 bits per heavy atom. The molecule has 0 bridgehead atoms. The van der Waals surface area contributed by atoms with Gasteiger partial charge in [-0.15, -0.1) is 0 Å². The van der Waals surface area contributed by atoms with Crippen LogP contribution in [0.3, 0.4) is 0 Å². The van der Waals surface area contributed by atoms with E-state index in [9.17, 15) is 9.59 Å². The van der Waals surface area contributed by atoms with Gasteiger partial charge in [0.15, 0.2) is 5.76 Å². The standard InChI is InChI=1S/C23H16ClNO3/c24-17-11-12-19-18(14-17)21(25-20(26)13-15-7-3-1-4-8-15)23(28-19)22(27)16-9-5-2-6-10-16/h1-12,14H,13H2,(H,25,26). The Bertz CT molecular complexity index is 1150. The molecule has 3 aromatic carbocycles. The van der Waals surface area contributed by atoms with Gasteiger partial charge in [-0.3, -0.25) is 9.59 Å². The number of benzene rings is 3. The van der Waals surface area contributed by atoms with Crippen LogP contribution in [0.5, 0.6) is 0 Å². The number of carbonyl (C=O) groups excluding carboxylic acids is 2. The predicted molar refractivity (Wildman–Crippen MR) is 110 cm³/mol. The highest BCUT2D eigenvalue weighted by Gasteiger charge is 2.23. The maximum absolute atomic E-state index is 13.0. The lowest BCUT2D eigenvalue weighted by molar-refractivity contribution is -0.115. The first kappa shape index (κ1) is 18.0. The minimum Gasteiger partial charge on any atom is -0.450 e. The zero-order chi connectivity index (χ0) is 19.5. The first-order valence-corrected chi connectivity index (χ1v) is 9.15. The van der Waals surface area contributed by atoms with E-state index in [1.54, 1.807) is 42.5 Å². The van der Waals surface area contributed by atoms with E-state index in [0.717, 1.165) is 5.56 Å². The number of furan rings is 1. The molecule has 138 valence electrons. The summed E-state index contributed by atoms with van der Waals surface area (Å²) in [6.45, 7) is 0. The van der Waals surface area contributed by atoms with Crippen molar-refractivity contribution < 1.29 is 14.0 Å². The molecule has 0 aliphatic rings. The lowest BCUT2D eigenvalue weighted by Crippen LogP contribution is -2.16. The molecular weight excluding hydrogens is 374 g/mol. The van der Waals surface area contributed by atoms with E-state index in [1.807, 2.05) is 36.4 Å². The zero-order valence-electron chi connectivity index (χ0n) is 14.8. The normalized spacial score (nSPS) is 10.8. The average molecular weight is 390 g/mol. The summed E-state index contributed by atoms with van der Waals surface area (Å²) in [4.78, 5) is 25.6. The molecule has 1 heterocycles. The van der Waals surface area contributed by atoms with Crippen LogP contribution in [-0.2, 0) is 11.2 Å². The molecule has 1 aromatic heterocycles. The summed E-state index contributed by atoms with van der Waals surface area (Å²) >= 11 is 6.12. The van der Waals surface area contributed by atoms with Crippen molar-refractivity contribution in [3.63, 3.8) is 0 Å². The molecular formula is C23H16ClNO3. The van der Waals surface area contributed by atoms with Gasteiger partial charge in [0.05, 0.1) is 12.1 Å². The van der Waals surface area contributed by atoms with Gasteiger partial charge in [-0.1, -0.05) is 72.3 Å². The second-order valence-electron chi connectivity index (χ2n) is 6.35. The summed E-state index contributed by atoms with van der Waals surface area (Å²) in [7, 11) is 0. The van der Waals surface area contributed by atoms with Gasteiger partial charge in [-0.25, -0.2) is 0 Å². The van der Waals surface area contributed by atoms with E-state index in [1.165, 1.54) is 0 Å². The Labute approximate surface area is 166 Å². The molecule has 5 heteroatoms. The van der Waals surface area contributed by atoms with Crippen LogP contribution in [-0.4, -0.2) is 11.7 Å². The Morgan fingerprint density at radius 2 is 1.57 bits per heavy atom. The van der Waals surface area contributed by atoms with Crippen molar-refractivity contribution in [1.82, 2.24) is 0 Å². The second kappa shape index (κ2) is 7.71. The Kier molecular flexibility index (Phi) is 4.96. The molecule has 4 aromatic rings. The monoisotopic (exact) mass is 389 g/mol. The van der Waals surface area contributed by atoms with Gasteiger partial charge in [-0.2, -0.15) is 0 Å². The molecule has 0 fully saturated rings. The van der Waals surface area contributed by atoms with E-state index in [-0.39, 0.29) is 23.9 Å². The van der Waals surface area contributed by atoms with Crippen LogP contribution >= 0.6 is 11.6 Å². The highest BCUT2D eigenvalue weighted by atomic mass is 35.5. The molecule has 1 amide bonds. The van der Waals surface area contributed by atoms with E-state index in [4.69, 9.17) is 16.0 Å². The van der Waals surface area contributed by atoms with Crippen molar-refractivity contribution in [2.75, 3.05) is 5.32 Å². The highest BCUT2D eigenvalue weighted by molar-refractivity contribution is 6.31. The highest BCUT2D eigenvalue weighted by Crippen LogP contribution is 2.34. The third kappa shape index (κ3) is 3.68. The van der Waals surface area contributed by atoms with E-state index in [0.29, 0.717) is 27.2 Å². The molecule has 4 rings (SSSR count). The van der Waals surface area contributed by atoms with Crippen molar-refractivity contribution >= 4 is 39.9 Å². The van der Waals surface area contributed by atoms with Crippen LogP contribution in [0.15, 0.2) is 83.3 Å². The van der Waals surface area contributed by atoms with Crippen molar-refractivity contribution in [2.45, 2.75) is 6.42 Å². The molecule has 0 aliphatic heterocycles. The van der Waals surface area contributed by atoms with Crippen LogP contribution in [0.1, 0.15) is 21.7 Å². The molecule has 1 N–H and O–H groups in total. The lowest BCUT2D eigenvalue weighted by Gasteiger charge is -2.06. The maximum atomic E-state index is 13.0. The fourth-order valence-electron chi connectivity index (χ4n) is 3.04. The molecule has 28 heavy (non-hydrogen) atoms. The third-order valence-electron chi connectivity index (χ3n) is 4.36. The number of rotatable bonds is 5. The fraction of sp³-hybridized carbons (Fsp3) is 0.0435. The maximum Gasteiger partial charge on any atom is 0.230 e. The van der Waals surface area contributed by atoms with Gasteiger partial charge in [-0.05, 0) is 23.8 Å². The lowest BCUT2D eigenvalue weighted by atomic mass is 10.1. The molecule has 0 saturated heterocycles. The quantitative estimate of drug-likeness (QED) is 0.458. The predicted octanol–water partition coefficient (Wildman–Crippen LogP) is 5.50. The Hall–Kier alpha value is -3.37. The van der Waals surface area contributed by atoms with Gasteiger partial charge in [0.2, 0.25) is 11.7 Å². The summed E-state index contributed by atoms with van der Waals surface area (Å²) in [6.07, 6.45) is 0.188. The summed E-state index contributed by atoms with van der Waals surface area (Å²) in [5, 5.41) is 3.93. The topological polar surface area (TPSA) is 59.3 Å². The number of halogens is 1. The van der Waals surface area contributed by atoms with Crippen molar-refractivity contribution in [1.29, 1.82) is 0 Å². The molecule has 0 radical (unpaired) electrons. The van der Waals surface area contributed by atoms with Gasteiger partial charge >= 0.3 is 0 Å². The van der Waals surface area contributed by atoms with Crippen LogP contribution in [0.25, 0.3) is 11.0 Å². The number of hydrogen-bond acceptors (Lipinski definition) is 3. The number of hydrogen-bond donors (Lipinski definition) is 1. The third-order valence-corrected chi connectivity index (χ3v) is 4.60. The molecule has 0 unspecified atom stereocenters. The minimum absolute atomic E-state index is 0.0879. The average Bonchev–Trinajstić information content (AvgIpc) is 3.06. The van der Waals surface area contributed by atoms with Gasteiger partial charge in [0, 0.05) is 16.0 Å². The number of amides is 1. The summed E-state index contributed by atoms with van der Waals surface area (Å²) < 4.78 is 5.80. The van der Waals surface area contributed by atoms with Crippen molar-refractivity contribution in [2.24, 2.45) is 0 Å². The molecule has 4 nitrogen and oxygen atoms in total. The minimum atomic E-state index is -0.303. The van der Waals surface area contributed by atoms with E-state index < -0.39 is 0 Å². The van der Waals surface area contributed by atoms with Gasteiger partial charge in [0.25, 0.3) is 0 Å². The van der Waals surface area contributed by atoms with Crippen molar-refractivity contribution in [3.05, 3.63) is 101 Å². The van der Waals surface area contributed by atoms with Gasteiger partial charge < -0.3 is 9.73 Å².